The number of unbranched alkanes of at least 4 members (excludes halogenated alkanes) is 25. The van der Waals surface area contributed by atoms with Crippen LogP contribution in [0.4, 0.5) is 0 Å². The fraction of sp³-hybridized carbons (Fsp3) is 0.878. The van der Waals surface area contributed by atoms with Crippen molar-refractivity contribution < 1.29 is 19.4 Å². The maximum absolute atomic E-state index is 12.2. The molecule has 1 atom stereocenters. The Morgan fingerprint density at radius 1 is 0.533 bits per heavy atom. The Bertz CT molecular complexity index is 629. The van der Waals surface area contributed by atoms with E-state index < -0.39 is 6.10 Å². The number of carbonyl (C=O) groups is 1. The van der Waals surface area contributed by atoms with E-state index in [0.717, 1.165) is 38.5 Å². The highest BCUT2D eigenvalue weighted by Gasteiger charge is 2.13. The largest absolute Gasteiger partial charge is 0.457 e. The highest BCUT2D eigenvalue weighted by molar-refractivity contribution is 5.69. The van der Waals surface area contributed by atoms with Crippen molar-refractivity contribution in [1.82, 2.24) is 0 Å². The molecule has 266 valence electrons. The number of aliphatic hydroxyl groups excluding tert-OH is 1. The third-order valence-electron chi connectivity index (χ3n) is 8.78. The van der Waals surface area contributed by atoms with Crippen LogP contribution in [0.1, 0.15) is 206 Å². The average molecular weight is 635 g/mol. The van der Waals surface area contributed by atoms with E-state index in [1.807, 2.05) is 0 Å². The minimum atomic E-state index is -0.536. The zero-order valence-corrected chi connectivity index (χ0v) is 30.4. The summed E-state index contributed by atoms with van der Waals surface area (Å²) in [5.41, 5.74) is 0. The molecular formula is C41H78O4. The van der Waals surface area contributed by atoms with Gasteiger partial charge in [-0.15, -0.1) is 0 Å². The lowest BCUT2D eigenvalue weighted by molar-refractivity contribution is -0.154. The van der Waals surface area contributed by atoms with E-state index in [0.29, 0.717) is 19.6 Å². The second kappa shape index (κ2) is 39.1. The fourth-order valence-electron chi connectivity index (χ4n) is 5.77. The second-order valence-corrected chi connectivity index (χ2v) is 13.4. The SMILES string of the molecule is CCCCCC/C=C\C/C=C\CCCCCCCC(=O)OC(CO)COCCCCCCCCCCCCCCCCCCC. The number of rotatable bonds is 37. The summed E-state index contributed by atoms with van der Waals surface area (Å²) in [6.45, 7) is 5.34. The van der Waals surface area contributed by atoms with Gasteiger partial charge in [0.25, 0.3) is 0 Å². The van der Waals surface area contributed by atoms with Crippen molar-refractivity contribution in [1.29, 1.82) is 0 Å². The third-order valence-corrected chi connectivity index (χ3v) is 8.78. The maximum atomic E-state index is 12.2. The van der Waals surface area contributed by atoms with Crippen LogP contribution in [0.15, 0.2) is 24.3 Å². The molecule has 4 nitrogen and oxygen atoms in total. The molecule has 0 heterocycles. The van der Waals surface area contributed by atoms with Gasteiger partial charge >= 0.3 is 5.97 Å². The molecule has 0 aliphatic rings. The summed E-state index contributed by atoms with van der Waals surface area (Å²) in [6.07, 6.45) is 46.5. The number of aliphatic hydroxyl groups is 1. The number of hydrogen-bond acceptors (Lipinski definition) is 4. The third kappa shape index (κ3) is 37.2. The molecule has 0 fully saturated rings. The molecule has 0 aliphatic heterocycles. The van der Waals surface area contributed by atoms with Crippen LogP contribution in [-0.4, -0.2) is 37.0 Å². The molecule has 1 unspecified atom stereocenters. The first-order valence-corrected chi connectivity index (χ1v) is 19.9. The van der Waals surface area contributed by atoms with Crippen LogP contribution in [0.2, 0.25) is 0 Å². The monoisotopic (exact) mass is 635 g/mol. The number of ether oxygens (including phenoxy) is 2. The Kier molecular flexibility index (Phi) is 38.1. The summed E-state index contributed by atoms with van der Waals surface area (Å²) in [5, 5.41) is 9.57. The van der Waals surface area contributed by atoms with Crippen LogP contribution in [-0.2, 0) is 14.3 Å². The van der Waals surface area contributed by atoms with Crippen LogP contribution in [0.3, 0.4) is 0 Å². The van der Waals surface area contributed by atoms with Crippen molar-refractivity contribution in [2.45, 2.75) is 213 Å². The summed E-state index contributed by atoms with van der Waals surface area (Å²) in [6, 6.07) is 0. The van der Waals surface area contributed by atoms with Gasteiger partial charge in [0.05, 0.1) is 13.2 Å². The second-order valence-electron chi connectivity index (χ2n) is 13.4. The summed E-state index contributed by atoms with van der Waals surface area (Å²) >= 11 is 0. The lowest BCUT2D eigenvalue weighted by Gasteiger charge is -2.15. The van der Waals surface area contributed by atoms with E-state index in [1.165, 1.54) is 148 Å². The average Bonchev–Trinajstić information content (AvgIpc) is 3.05. The van der Waals surface area contributed by atoms with Crippen molar-refractivity contribution in [3.05, 3.63) is 24.3 Å². The number of allylic oxidation sites excluding steroid dienone is 4. The van der Waals surface area contributed by atoms with Gasteiger partial charge in [0, 0.05) is 13.0 Å². The van der Waals surface area contributed by atoms with Crippen LogP contribution in [0, 0.1) is 0 Å². The van der Waals surface area contributed by atoms with Crippen molar-refractivity contribution in [2.24, 2.45) is 0 Å². The molecule has 1 N–H and O–H groups in total. The summed E-state index contributed by atoms with van der Waals surface area (Å²) in [7, 11) is 0. The fourth-order valence-corrected chi connectivity index (χ4v) is 5.77. The highest BCUT2D eigenvalue weighted by atomic mass is 16.6. The molecule has 0 rings (SSSR count). The van der Waals surface area contributed by atoms with E-state index in [9.17, 15) is 9.90 Å². The number of esters is 1. The molecule has 0 saturated carbocycles. The quantitative estimate of drug-likeness (QED) is 0.0420. The predicted molar refractivity (Wildman–Crippen MR) is 196 cm³/mol. The van der Waals surface area contributed by atoms with E-state index in [-0.39, 0.29) is 12.6 Å². The van der Waals surface area contributed by atoms with Gasteiger partial charge in [-0.05, 0) is 44.9 Å². The van der Waals surface area contributed by atoms with Crippen LogP contribution in [0.25, 0.3) is 0 Å². The van der Waals surface area contributed by atoms with Crippen LogP contribution in [0.5, 0.6) is 0 Å². The van der Waals surface area contributed by atoms with E-state index >= 15 is 0 Å². The normalized spacial score (nSPS) is 12.5. The van der Waals surface area contributed by atoms with Crippen molar-refractivity contribution >= 4 is 5.97 Å². The van der Waals surface area contributed by atoms with Crippen molar-refractivity contribution in [2.75, 3.05) is 19.8 Å². The molecule has 45 heavy (non-hydrogen) atoms. The molecule has 0 bridgehead atoms. The Morgan fingerprint density at radius 3 is 1.40 bits per heavy atom. The van der Waals surface area contributed by atoms with E-state index in [1.54, 1.807) is 0 Å². The summed E-state index contributed by atoms with van der Waals surface area (Å²) < 4.78 is 11.1. The molecule has 0 aromatic heterocycles. The van der Waals surface area contributed by atoms with Gasteiger partial charge in [0.15, 0.2) is 0 Å². The Hall–Kier alpha value is -1.13. The molecule has 0 spiro atoms. The standard InChI is InChI=1S/C41H78O4/c1-3-5-7-9-11-13-15-17-19-21-23-25-27-29-31-33-35-37-44-39-40(38-42)45-41(43)36-34-32-30-28-26-24-22-20-18-16-14-12-10-8-6-4-2/h14,16,20,22,40,42H,3-13,15,17-19,21,23-39H2,1-2H3/b16-14-,22-20-. The predicted octanol–water partition coefficient (Wildman–Crippen LogP) is 12.8. The van der Waals surface area contributed by atoms with Crippen LogP contribution >= 0.6 is 0 Å². The first-order chi connectivity index (χ1) is 22.2. The molecule has 0 aliphatic carbocycles. The Morgan fingerprint density at radius 2 is 0.933 bits per heavy atom. The first-order valence-electron chi connectivity index (χ1n) is 19.9. The zero-order chi connectivity index (χ0) is 32.7. The molecule has 0 aromatic rings. The smallest absolute Gasteiger partial charge is 0.306 e. The number of hydrogen-bond donors (Lipinski definition) is 1. The lowest BCUT2D eigenvalue weighted by Crippen LogP contribution is -2.27. The van der Waals surface area contributed by atoms with Crippen molar-refractivity contribution in [3.63, 3.8) is 0 Å². The lowest BCUT2D eigenvalue weighted by atomic mass is 10.0. The van der Waals surface area contributed by atoms with Crippen molar-refractivity contribution in [3.8, 4) is 0 Å². The Labute approximate surface area is 281 Å². The van der Waals surface area contributed by atoms with E-state index in [4.69, 9.17) is 9.47 Å². The highest BCUT2D eigenvalue weighted by Crippen LogP contribution is 2.14. The molecule has 0 aromatic carbocycles. The zero-order valence-electron chi connectivity index (χ0n) is 30.4. The maximum Gasteiger partial charge on any atom is 0.306 e. The van der Waals surface area contributed by atoms with Gasteiger partial charge in [-0.25, -0.2) is 0 Å². The summed E-state index contributed by atoms with van der Waals surface area (Å²) in [4.78, 5) is 12.2. The molecule has 4 heteroatoms. The van der Waals surface area contributed by atoms with Gasteiger partial charge in [-0.3, -0.25) is 4.79 Å². The van der Waals surface area contributed by atoms with E-state index in [2.05, 4.69) is 38.2 Å². The first kappa shape index (κ1) is 43.9. The molecule has 0 saturated heterocycles. The van der Waals surface area contributed by atoms with Gasteiger partial charge < -0.3 is 14.6 Å². The minimum absolute atomic E-state index is 0.174. The topological polar surface area (TPSA) is 55.8 Å². The minimum Gasteiger partial charge on any atom is -0.457 e. The van der Waals surface area contributed by atoms with Gasteiger partial charge in [0.2, 0.25) is 0 Å². The van der Waals surface area contributed by atoms with Gasteiger partial charge in [-0.1, -0.05) is 179 Å². The Balaban J connectivity index is 3.43. The molecular weight excluding hydrogens is 556 g/mol. The molecule has 0 amide bonds. The van der Waals surface area contributed by atoms with Gasteiger partial charge in [-0.2, -0.15) is 0 Å². The number of carbonyl (C=O) groups excluding carboxylic acids is 1. The molecule has 0 radical (unpaired) electrons. The van der Waals surface area contributed by atoms with Gasteiger partial charge in [0.1, 0.15) is 6.10 Å². The van der Waals surface area contributed by atoms with Crippen LogP contribution < -0.4 is 0 Å². The summed E-state index contributed by atoms with van der Waals surface area (Å²) in [5.74, 6) is -0.211.